The quantitative estimate of drug-likeness (QED) is 0.161. The highest BCUT2D eigenvalue weighted by Crippen LogP contribution is 2.70. The third-order valence-electron chi connectivity index (χ3n) is 18.0. The molecule has 64 heavy (non-hydrogen) atoms. The van der Waals surface area contributed by atoms with Gasteiger partial charge in [0.2, 0.25) is 5.91 Å². The minimum absolute atomic E-state index is 0.0306. The minimum atomic E-state index is -1.72. The van der Waals surface area contributed by atoms with Crippen molar-refractivity contribution >= 4 is 5.91 Å². The molecule has 3 saturated carbocycles. The van der Waals surface area contributed by atoms with Crippen molar-refractivity contribution in [2.45, 2.75) is 216 Å². The molecule has 0 bridgehead atoms. The van der Waals surface area contributed by atoms with E-state index in [2.05, 4.69) is 39.1 Å². The minimum Gasteiger partial charge on any atom is -0.388 e. The van der Waals surface area contributed by atoms with Crippen molar-refractivity contribution in [3.63, 3.8) is 0 Å². The van der Waals surface area contributed by atoms with E-state index < -0.39 is 97.9 Å². The molecule has 9 aliphatic rings. The van der Waals surface area contributed by atoms with Gasteiger partial charge in [0.15, 0.2) is 24.7 Å². The van der Waals surface area contributed by atoms with Gasteiger partial charge in [-0.05, 0) is 106 Å². The number of aliphatic hydroxyl groups excluding tert-OH is 7. The maximum absolute atomic E-state index is 12.2. The molecule has 26 atom stereocenters. The average molecular weight is 910 g/mol. The van der Waals surface area contributed by atoms with Gasteiger partial charge in [0.1, 0.15) is 61.0 Å². The molecule has 364 valence electrons. The van der Waals surface area contributed by atoms with E-state index in [1.807, 2.05) is 0 Å². The third-order valence-corrected chi connectivity index (χ3v) is 18.0. The summed E-state index contributed by atoms with van der Waals surface area (Å²) < 4.78 is 50.9. The smallest absolute Gasteiger partial charge is 0.216 e. The molecule has 9 rings (SSSR count). The van der Waals surface area contributed by atoms with Gasteiger partial charge in [-0.2, -0.15) is 0 Å². The number of ether oxygens (including phenoxy) is 8. The SMILES string of the molecule is CC(=O)NC[C@H]1O[C@@H](O[C@H]2CC[C@@]3(C)C(=CC[C@H]4[C@@H]5C[C@@H]6O[C@]7(CC[C@@H](C)CO7)[C@@H](C)[C@@H]6[C@@]5(C)CC[C@@H]43)C2)[C@H](O[C@H]2O[C@H](C)[C@@H](O)[C@H](O)[C@@H]2O)[C@@H](O)[C@@H]1O[C@H]1O[C@H](C)[C@@H](O)[C@H](O)[C@@H]1O. The summed E-state index contributed by atoms with van der Waals surface area (Å²) in [6, 6.07) is 0. The van der Waals surface area contributed by atoms with Gasteiger partial charge in [0, 0.05) is 25.8 Å². The average Bonchev–Trinajstić information content (AvgIpc) is 3.71. The molecule has 0 aromatic heterocycles. The molecule has 0 aromatic rings. The summed E-state index contributed by atoms with van der Waals surface area (Å²) in [5, 5.41) is 78.8. The van der Waals surface area contributed by atoms with E-state index in [1.54, 1.807) is 0 Å². The second-order valence-electron chi connectivity index (χ2n) is 21.8. The van der Waals surface area contributed by atoms with Gasteiger partial charge in [0.05, 0.1) is 31.0 Å². The molecule has 17 heteroatoms. The molecule has 1 spiro atoms. The number of carbonyl (C=O) groups excluding carboxylic acids is 1. The van der Waals surface area contributed by atoms with E-state index in [0.29, 0.717) is 48.3 Å². The summed E-state index contributed by atoms with van der Waals surface area (Å²) in [6.45, 7) is 14.6. The number of nitrogens with one attached hydrogen (secondary N) is 1. The van der Waals surface area contributed by atoms with Crippen molar-refractivity contribution < 1.29 is 78.4 Å². The van der Waals surface area contributed by atoms with Gasteiger partial charge in [0.25, 0.3) is 0 Å². The Morgan fingerprint density at radius 2 is 1.41 bits per heavy atom. The van der Waals surface area contributed by atoms with Crippen LogP contribution in [0.15, 0.2) is 11.6 Å². The lowest BCUT2D eigenvalue weighted by Crippen LogP contribution is -2.67. The van der Waals surface area contributed by atoms with Gasteiger partial charge in [-0.1, -0.05) is 39.3 Å². The first-order valence-electron chi connectivity index (χ1n) is 24.2. The van der Waals surface area contributed by atoms with Crippen molar-refractivity contribution in [2.75, 3.05) is 13.2 Å². The Morgan fingerprint density at radius 1 is 0.750 bits per heavy atom. The lowest BCUT2D eigenvalue weighted by molar-refractivity contribution is -0.386. The largest absolute Gasteiger partial charge is 0.388 e. The molecule has 5 aliphatic heterocycles. The van der Waals surface area contributed by atoms with Crippen molar-refractivity contribution in [3.8, 4) is 0 Å². The fourth-order valence-corrected chi connectivity index (χ4v) is 14.2. The normalized spacial score (nSPS) is 56.1. The predicted octanol–water partition coefficient (Wildman–Crippen LogP) is 1.39. The monoisotopic (exact) mass is 910 g/mol. The first-order valence-corrected chi connectivity index (χ1v) is 24.2. The fraction of sp³-hybridized carbons (Fsp3) is 0.936. The predicted molar refractivity (Wildman–Crippen MR) is 224 cm³/mol. The van der Waals surface area contributed by atoms with E-state index in [4.69, 9.17) is 37.9 Å². The van der Waals surface area contributed by atoms with Crippen molar-refractivity contribution in [2.24, 2.45) is 46.3 Å². The Kier molecular flexibility index (Phi) is 13.3. The van der Waals surface area contributed by atoms with Crippen LogP contribution in [0.4, 0.5) is 0 Å². The lowest BCUT2D eigenvalue weighted by Gasteiger charge is -2.59. The van der Waals surface area contributed by atoms with Gasteiger partial charge in [-0.25, -0.2) is 0 Å². The van der Waals surface area contributed by atoms with E-state index in [9.17, 15) is 40.5 Å². The molecule has 1 amide bonds. The van der Waals surface area contributed by atoms with Crippen LogP contribution >= 0.6 is 0 Å². The highest BCUT2D eigenvalue weighted by Gasteiger charge is 2.69. The Bertz CT molecular complexity index is 1710. The Hall–Kier alpha value is -1.39. The summed E-state index contributed by atoms with van der Waals surface area (Å²) in [6.07, 6.45) is -10.4. The summed E-state index contributed by atoms with van der Waals surface area (Å²) in [7, 11) is 0. The standard InChI is InChI=1S/C47H75NO16/c1-20-10-15-47(57-19-20)21(2)32-30(64-47)17-29-27-9-8-25-16-26(11-13-45(25,6)28(27)12-14-46(29,32)7)60-44-41(63-43-38(55)36(53)34(51)23(4)59-43)39(56)40(31(61-44)18-48-24(5)49)62-42-37(54)35(52)33(50)22(3)58-42/h8,20-23,26-44,50-56H,9-19H2,1-7H3,(H,48,49)/t20-,21+,22-,23-,26+,27-,28+,29+,30+,31-,32+,33-,34-,35+,36+,37+,38+,39+,40-,41-,42-,43-,44-,45+,46+,47-/m1/s1. The number of fused-ring (bicyclic) bond motifs is 7. The second kappa shape index (κ2) is 17.8. The number of carbonyl (C=O) groups is 1. The molecule has 4 aliphatic carbocycles. The molecule has 0 aromatic carbocycles. The molecule has 8 fully saturated rings. The highest BCUT2D eigenvalue weighted by atomic mass is 16.8. The lowest BCUT2D eigenvalue weighted by atomic mass is 9.47. The first-order chi connectivity index (χ1) is 30.3. The Morgan fingerprint density at radius 3 is 2.03 bits per heavy atom. The molecule has 0 unspecified atom stereocenters. The van der Waals surface area contributed by atoms with Crippen LogP contribution in [0.2, 0.25) is 0 Å². The Labute approximate surface area is 376 Å². The third kappa shape index (κ3) is 8.05. The van der Waals surface area contributed by atoms with Crippen molar-refractivity contribution in [3.05, 3.63) is 11.6 Å². The number of hydrogen-bond acceptors (Lipinski definition) is 16. The number of rotatable bonds is 8. The second-order valence-corrected chi connectivity index (χ2v) is 21.8. The summed E-state index contributed by atoms with van der Waals surface area (Å²) in [4.78, 5) is 12.2. The molecule has 8 N–H and O–H groups in total. The molecule has 17 nitrogen and oxygen atoms in total. The van der Waals surface area contributed by atoms with E-state index in [0.717, 1.165) is 51.6 Å². The van der Waals surface area contributed by atoms with Crippen molar-refractivity contribution in [1.82, 2.24) is 5.32 Å². The first kappa shape index (κ1) is 47.7. The maximum atomic E-state index is 12.2. The summed E-state index contributed by atoms with van der Waals surface area (Å²) >= 11 is 0. The van der Waals surface area contributed by atoms with E-state index >= 15 is 0 Å². The van der Waals surface area contributed by atoms with Crippen LogP contribution in [0.25, 0.3) is 0 Å². The molecule has 5 saturated heterocycles. The van der Waals surface area contributed by atoms with Crippen LogP contribution in [0.1, 0.15) is 106 Å². The molecule has 5 heterocycles. The number of aliphatic hydroxyl groups is 7. The zero-order chi connectivity index (χ0) is 45.8. The van der Waals surface area contributed by atoms with Crippen LogP contribution < -0.4 is 5.32 Å². The van der Waals surface area contributed by atoms with Crippen LogP contribution in [0.3, 0.4) is 0 Å². The number of amides is 1. The van der Waals surface area contributed by atoms with Gasteiger partial charge in [-0.3, -0.25) is 4.79 Å². The van der Waals surface area contributed by atoms with Gasteiger partial charge in [-0.15, -0.1) is 0 Å². The number of hydrogen-bond donors (Lipinski definition) is 8. The van der Waals surface area contributed by atoms with Crippen LogP contribution in [-0.2, 0) is 42.7 Å². The van der Waals surface area contributed by atoms with Crippen LogP contribution in [-0.4, -0.2) is 165 Å². The molecular weight excluding hydrogens is 835 g/mol. The maximum Gasteiger partial charge on any atom is 0.216 e. The molecular formula is C47H75NO16. The fourth-order valence-electron chi connectivity index (χ4n) is 14.2. The molecule has 0 radical (unpaired) electrons. The summed E-state index contributed by atoms with van der Waals surface area (Å²) in [5.74, 6) is 2.20. The zero-order valence-corrected chi connectivity index (χ0v) is 38.4. The summed E-state index contributed by atoms with van der Waals surface area (Å²) in [5.41, 5.74) is 1.51. The van der Waals surface area contributed by atoms with Gasteiger partial charge < -0.3 is 79.0 Å². The Balaban J connectivity index is 0.938. The van der Waals surface area contributed by atoms with Gasteiger partial charge >= 0.3 is 0 Å². The highest BCUT2D eigenvalue weighted by molar-refractivity contribution is 5.72. The van der Waals surface area contributed by atoms with Crippen LogP contribution in [0.5, 0.6) is 0 Å². The van der Waals surface area contributed by atoms with E-state index in [1.165, 1.54) is 26.3 Å². The topological polar surface area (TPSA) is 245 Å². The van der Waals surface area contributed by atoms with E-state index in [-0.39, 0.29) is 35.5 Å². The van der Waals surface area contributed by atoms with Crippen LogP contribution in [0, 0.1) is 46.3 Å². The number of allylic oxidation sites excluding steroid dienone is 1. The zero-order valence-electron chi connectivity index (χ0n) is 38.4. The van der Waals surface area contributed by atoms with Crippen molar-refractivity contribution in [1.29, 1.82) is 0 Å².